The summed E-state index contributed by atoms with van der Waals surface area (Å²) in [6, 6.07) is 19.4. The van der Waals surface area contributed by atoms with Crippen molar-refractivity contribution in [3.05, 3.63) is 95.1 Å². The zero-order valence-corrected chi connectivity index (χ0v) is 19.5. The first kappa shape index (κ1) is 23.9. The highest BCUT2D eigenvalue weighted by Crippen LogP contribution is 2.34. The molecule has 3 aromatic carbocycles. The minimum absolute atomic E-state index is 0.0198. The van der Waals surface area contributed by atoms with Crippen molar-refractivity contribution in [3.63, 3.8) is 0 Å². The van der Waals surface area contributed by atoms with Gasteiger partial charge in [-0.1, -0.05) is 59.3 Å². The molecule has 1 amide bonds. The first-order valence-corrected chi connectivity index (χ1v) is 11.6. The second kappa shape index (κ2) is 9.95. The maximum atomic E-state index is 13.4. The maximum absolute atomic E-state index is 13.4. The van der Waals surface area contributed by atoms with Gasteiger partial charge in [-0.3, -0.25) is 9.36 Å². The monoisotopic (exact) mass is 501 g/mol. The second-order valence-corrected chi connectivity index (χ2v) is 8.90. The van der Waals surface area contributed by atoms with Gasteiger partial charge >= 0.3 is 6.18 Å². The number of carbonyl (C=O) groups is 1. The van der Waals surface area contributed by atoms with Crippen LogP contribution in [0.1, 0.15) is 11.1 Å². The Bertz CT molecular complexity index is 1300. The number of aryl methyl sites for hydroxylation is 1. The molecule has 0 spiro atoms. The predicted octanol–water partition coefficient (Wildman–Crippen LogP) is 7.25. The van der Waals surface area contributed by atoms with Gasteiger partial charge in [0.2, 0.25) is 5.91 Å². The number of hydrogen-bond donors (Lipinski definition) is 1. The molecule has 0 saturated heterocycles. The minimum atomic E-state index is -4.48. The predicted molar refractivity (Wildman–Crippen MR) is 130 cm³/mol. The lowest BCUT2D eigenvalue weighted by atomic mass is 10.1. The van der Waals surface area contributed by atoms with Gasteiger partial charge in [0.1, 0.15) is 0 Å². The molecule has 0 fully saturated rings. The van der Waals surface area contributed by atoms with E-state index in [2.05, 4.69) is 10.3 Å². The highest BCUT2D eigenvalue weighted by molar-refractivity contribution is 7.99. The summed E-state index contributed by atoms with van der Waals surface area (Å²) in [6.45, 7) is 1.95. The molecule has 34 heavy (non-hydrogen) atoms. The summed E-state index contributed by atoms with van der Waals surface area (Å²) in [5.41, 5.74) is 2.63. The number of nitrogens with one attached hydrogen (secondary N) is 1. The van der Waals surface area contributed by atoms with Crippen molar-refractivity contribution in [2.24, 2.45) is 0 Å². The van der Waals surface area contributed by atoms with Crippen LogP contribution in [0.4, 0.5) is 18.9 Å². The molecule has 0 aliphatic rings. The molecule has 174 valence electrons. The third-order valence-electron chi connectivity index (χ3n) is 4.97. The summed E-state index contributed by atoms with van der Waals surface area (Å²) >= 11 is 7.00. The molecule has 0 radical (unpaired) electrons. The second-order valence-electron chi connectivity index (χ2n) is 7.52. The fourth-order valence-electron chi connectivity index (χ4n) is 3.30. The Balaban J connectivity index is 1.65. The van der Waals surface area contributed by atoms with Crippen molar-refractivity contribution >= 4 is 35.0 Å². The molecule has 4 rings (SSSR count). The van der Waals surface area contributed by atoms with Crippen LogP contribution in [0.5, 0.6) is 0 Å². The van der Waals surface area contributed by atoms with Crippen LogP contribution < -0.4 is 5.32 Å². The number of aromatic nitrogens is 2. The Kier molecular flexibility index (Phi) is 7.00. The van der Waals surface area contributed by atoms with E-state index in [4.69, 9.17) is 11.6 Å². The van der Waals surface area contributed by atoms with Crippen molar-refractivity contribution in [2.75, 3.05) is 11.1 Å². The van der Waals surface area contributed by atoms with Gasteiger partial charge in [-0.25, -0.2) is 4.98 Å². The minimum Gasteiger partial charge on any atom is -0.325 e. The third-order valence-corrected chi connectivity index (χ3v) is 6.17. The number of nitrogens with zero attached hydrogens (tertiary/aromatic N) is 2. The van der Waals surface area contributed by atoms with E-state index in [0.717, 1.165) is 35.0 Å². The van der Waals surface area contributed by atoms with Crippen molar-refractivity contribution in [1.29, 1.82) is 0 Å². The number of thioether (sulfide) groups is 1. The van der Waals surface area contributed by atoms with Crippen molar-refractivity contribution < 1.29 is 18.0 Å². The molecule has 1 N–H and O–H groups in total. The van der Waals surface area contributed by atoms with Crippen molar-refractivity contribution in [2.45, 2.75) is 18.3 Å². The number of benzene rings is 3. The molecule has 0 unspecified atom stereocenters. The summed E-state index contributed by atoms with van der Waals surface area (Å²) in [4.78, 5) is 16.9. The van der Waals surface area contributed by atoms with E-state index in [1.165, 1.54) is 6.07 Å². The number of amides is 1. The van der Waals surface area contributed by atoms with Crippen LogP contribution in [-0.2, 0) is 11.0 Å². The summed E-state index contributed by atoms with van der Waals surface area (Å²) < 4.78 is 41.8. The summed E-state index contributed by atoms with van der Waals surface area (Å²) in [5.74, 6) is -0.255. The average molecular weight is 502 g/mol. The van der Waals surface area contributed by atoms with Gasteiger partial charge in [0.15, 0.2) is 5.16 Å². The van der Waals surface area contributed by atoms with Crippen LogP contribution >= 0.6 is 23.4 Å². The molecular formula is C25H19ClF3N3OS. The van der Waals surface area contributed by atoms with E-state index in [-0.39, 0.29) is 11.7 Å². The number of imidazole rings is 1. The SMILES string of the molecule is Cc1ccc(-c2cnc(SCC(=O)Nc3ccc(Cl)cc3)n2-c2cccc(C(F)(F)F)c2)cc1. The summed E-state index contributed by atoms with van der Waals surface area (Å²) in [5, 5.41) is 3.73. The van der Waals surface area contributed by atoms with Gasteiger partial charge in [-0.15, -0.1) is 0 Å². The van der Waals surface area contributed by atoms with Crippen LogP contribution in [0, 0.1) is 6.92 Å². The quantitative estimate of drug-likeness (QED) is 0.283. The molecule has 9 heteroatoms. The number of carbonyl (C=O) groups excluding carboxylic acids is 1. The maximum Gasteiger partial charge on any atom is 0.416 e. The molecule has 0 atom stereocenters. The molecule has 1 heterocycles. The zero-order valence-electron chi connectivity index (χ0n) is 17.9. The van der Waals surface area contributed by atoms with Crippen molar-refractivity contribution in [1.82, 2.24) is 9.55 Å². The molecule has 1 aromatic heterocycles. The lowest BCUT2D eigenvalue weighted by molar-refractivity contribution is -0.137. The van der Waals surface area contributed by atoms with E-state index in [1.54, 1.807) is 41.1 Å². The fourth-order valence-corrected chi connectivity index (χ4v) is 4.21. The Morgan fingerprint density at radius 3 is 2.44 bits per heavy atom. The average Bonchev–Trinajstić information content (AvgIpc) is 3.23. The van der Waals surface area contributed by atoms with Gasteiger partial charge in [-0.05, 0) is 49.4 Å². The van der Waals surface area contributed by atoms with E-state index >= 15 is 0 Å². The fraction of sp³-hybridized carbons (Fsp3) is 0.120. The Hall–Kier alpha value is -3.23. The largest absolute Gasteiger partial charge is 0.416 e. The van der Waals surface area contributed by atoms with E-state index < -0.39 is 11.7 Å². The number of rotatable bonds is 6. The number of hydrogen-bond acceptors (Lipinski definition) is 3. The molecule has 4 nitrogen and oxygen atoms in total. The highest BCUT2D eigenvalue weighted by Gasteiger charge is 2.31. The van der Waals surface area contributed by atoms with Crippen LogP contribution in [-0.4, -0.2) is 21.2 Å². The zero-order chi connectivity index (χ0) is 24.3. The van der Waals surface area contributed by atoms with Gasteiger partial charge in [0.05, 0.1) is 23.2 Å². The van der Waals surface area contributed by atoms with Crippen LogP contribution in [0.2, 0.25) is 5.02 Å². The molecule has 0 aliphatic carbocycles. The normalized spacial score (nSPS) is 11.4. The first-order chi connectivity index (χ1) is 16.2. The Morgan fingerprint density at radius 1 is 1.06 bits per heavy atom. The molecular weight excluding hydrogens is 483 g/mol. The Morgan fingerprint density at radius 2 is 1.76 bits per heavy atom. The van der Waals surface area contributed by atoms with E-state index in [1.807, 2.05) is 31.2 Å². The molecule has 0 aliphatic heterocycles. The summed E-state index contributed by atoms with van der Waals surface area (Å²) in [7, 11) is 0. The third kappa shape index (κ3) is 5.63. The van der Waals surface area contributed by atoms with Crippen molar-refractivity contribution in [3.8, 4) is 16.9 Å². The summed E-state index contributed by atoms with van der Waals surface area (Å²) in [6.07, 6.45) is -2.88. The number of halogens is 4. The molecule has 0 bridgehead atoms. The van der Waals surface area contributed by atoms with Gasteiger partial charge < -0.3 is 5.32 Å². The van der Waals surface area contributed by atoms with E-state index in [9.17, 15) is 18.0 Å². The topological polar surface area (TPSA) is 46.9 Å². The first-order valence-electron chi connectivity index (χ1n) is 10.2. The van der Waals surface area contributed by atoms with E-state index in [0.29, 0.717) is 27.2 Å². The van der Waals surface area contributed by atoms with Crippen LogP contribution in [0.3, 0.4) is 0 Å². The lowest BCUT2D eigenvalue weighted by Crippen LogP contribution is -2.14. The smallest absolute Gasteiger partial charge is 0.325 e. The number of anilines is 1. The molecule has 0 saturated carbocycles. The van der Waals surface area contributed by atoms with Crippen LogP contribution in [0.15, 0.2) is 84.1 Å². The Labute approximate surface area is 203 Å². The number of alkyl halides is 3. The van der Waals surface area contributed by atoms with Gasteiger partial charge in [0.25, 0.3) is 0 Å². The van der Waals surface area contributed by atoms with Gasteiger partial charge in [-0.2, -0.15) is 13.2 Å². The highest BCUT2D eigenvalue weighted by atomic mass is 35.5. The standard InChI is InChI=1S/C25H19ClF3N3OS/c1-16-5-7-17(8-6-16)22-14-30-24(32(22)21-4-2-3-18(13-21)25(27,28)29)34-15-23(33)31-20-11-9-19(26)10-12-20/h2-14H,15H2,1H3,(H,31,33). The van der Waals surface area contributed by atoms with Gasteiger partial charge in [0, 0.05) is 22.0 Å². The molecule has 4 aromatic rings. The van der Waals surface area contributed by atoms with Crippen LogP contribution in [0.25, 0.3) is 16.9 Å². The lowest BCUT2D eigenvalue weighted by Gasteiger charge is -2.14.